The summed E-state index contributed by atoms with van der Waals surface area (Å²) in [5.74, 6) is -3.36. The van der Waals surface area contributed by atoms with Crippen molar-refractivity contribution in [1.29, 1.82) is 0 Å². The fourth-order valence-electron chi connectivity index (χ4n) is 3.40. The van der Waals surface area contributed by atoms with Crippen LogP contribution >= 0.6 is 69.6 Å². The van der Waals surface area contributed by atoms with Gasteiger partial charge < -0.3 is 10.1 Å². The molecule has 1 atom stereocenters. The Bertz CT molecular complexity index is 1190. The van der Waals surface area contributed by atoms with Crippen LogP contribution in [-0.2, 0) is 14.3 Å². The van der Waals surface area contributed by atoms with E-state index in [4.69, 9.17) is 74.3 Å². The van der Waals surface area contributed by atoms with E-state index in [1.807, 2.05) is 6.92 Å². The molecule has 0 saturated carbocycles. The topological polar surface area (TPSA) is 92.8 Å². The fraction of sp³-hybridized carbons (Fsp3) is 0.273. The largest absolute Gasteiger partial charge is 0.454 e. The summed E-state index contributed by atoms with van der Waals surface area (Å²) in [5, 5.41) is 2.16. The summed E-state index contributed by atoms with van der Waals surface area (Å²) in [7, 11) is 0. The number of esters is 1. The number of ether oxygens (including phenoxy) is 1. The van der Waals surface area contributed by atoms with Crippen molar-refractivity contribution in [3.63, 3.8) is 0 Å². The van der Waals surface area contributed by atoms with Crippen LogP contribution in [0.1, 0.15) is 46.9 Å². The molecule has 0 bridgehead atoms. The Morgan fingerprint density at radius 2 is 1.49 bits per heavy atom. The number of nitrogens with one attached hydrogen (secondary N) is 1. The monoisotopic (exact) mass is 598 g/mol. The summed E-state index contributed by atoms with van der Waals surface area (Å²) in [6, 6.07) is 3.10. The normalized spacial score (nSPS) is 13.6. The van der Waals surface area contributed by atoms with E-state index in [1.54, 1.807) is 0 Å². The third kappa shape index (κ3) is 5.66. The predicted molar refractivity (Wildman–Crippen MR) is 136 cm³/mol. The summed E-state index contributed by atoms with van der Waals surface area (Å²) in [6.07, 6.45) is 1.22. The Kier molecular flexibility index (Phi) is 9.18. The summed E-state index contributed by atoms with van der Waals surface area (Å²) >= 11 is 36.2. The lowest BCUT2D eigenvalue weighted by molar-refractivity contribution is -0.151. The van der Waals surface area contributed by atoms with E-state index in [2.05, 4.69) is 5.32 Å². The zero-order chi connectivity index (χ0) is 26.0. The minimum atomic E-state index is -1.33. The van der Waals surface area contributed by atoms with E-state index in [0.29, 0.717) is 28.5 Å². The van der Waals surface area contributed by atoms with Crippen LogP contribution in [0.25, 0.3) is 0 Å². The van der Waals surface area contributed by atoms with Crippen LogP contribution in [0.4, 0.5) is 5.69 Å². The highest BCUT2D eigenvalue weighted by molar-refractivity contribution is 6.55. The van der Waals surface area contributed by atoms with Gasteiger partial charge in [-0.3, -0.25) is 19.3 Å². The van der Waals surface area contributed by atoms with Crippen molar-refractivity contribution in [2.24, 2.45) is 0 Å². The molecule has 1 aliphatic heterocycles. The Morgan fingerprint density at radius 1 is 0.914 bits per heavy atom. The van der Waals surface area contributed by atoms with Crippen LogP contribution in [0.5, 0.6) is 0 Å². The lowest BCUT2D eigenvalue weighted by Gasteiger charge is -2.24. The fourth-order valence-corrected chi connectivity index (χ4v) is 4.72. The van der Waals surface area contributed by atoms with Gasteiger partial charge in [-0.1, -0.05) is 89.4 Å². The molecule has 1 N–H and O–H groups in total. The summed E-state index contributed by atoms with van der Waals surface area (Å²) in [4.78, 5) is 52.2. The zero-order valence-electron chi connectivity index (χ0n) is 17.9. The second-order valence-electron chi connectivity index (χ2n) is 7.43. The van der Waals surface area contributed by atoms with Crippen LogP contribution in [-0.4, -0.2) is 41.2 Å². The second-order valence-corrected chi connectivity index (χ2v) is 9.76. The zero-order valence-corrected chi connectivity index (χ0v) is 22.4. The number of amides is 3. The molecular formula is C22H16Cl6N2O5. The van der Waals surface area contributed by atoms with Gasteiger partial charge in [0.1, 0.15) is 6.04 Å². The van der Waals surface area contributed by atoms with Crippen molar-refractivity contribution < 1.29 is 23.9 Å². The number of imide groups is 1. The van der Waals surface area contributed by atoms with Gasteiger partial charge in [-0.2, -0.15) is 0 Å². The van der Waals surface area contributed by atoms with Crippen molar-refractivity contribution in [2.75, 3.05) is 11.9 Å². The number of anilines is 1. The molecule has 35 heavy (non-hydrogen) atoms. The smallest absolute Gasteiger partial charge is 0.329 e. The predicted octanol–water partition coefficient (Wildman–Crippen LogP) is 6.94. The maximum atomic E-state index is 13.1. The number of halogens is 6. The Balaban J connectivity index is 1.80. The van der Waals surface area contributed by atoms with Crippen molar-refractivity contribution in [2.45, 2.75) is 32.2 Å². The van der Waals surface area contributed by atoms with E-state index in [-0.39, 0.29) is 42.7 Å². The molecule has 0 fully saturated rings. The molecule has 1 heterocycles. The van der Waals surface area contributed by atoms with Crippen molar-refractivity contribution in [3.05, 3.63) is 59.5 Å². The Labute approximate surface area is 230 Å². The number of benzene rings is 2. The van der Waals surface area contributed by atoms with E-state index in [0.717, 1.165) is 0 Å². The number of rotatable bonds is 8. The molecule has 3 amide bonds. The van der Waals surface area contributed by atoms with Gasteiger partial charge in [0.2, 0.25) is 0 Å². The molecule has 186 valence electrons. The number of carbonyl (C=O) groups is 4. The van der Waals surface area contributed by atoms with Crippen molar-refractivity contribution in [3.8, 4) is 0 Å². The first-order valence-corrected chi connectivity index (χ1v) is 12.4. The number of hydrogen-bond acceptors (Lipinski definition) is 5. The van der Waals surface area contributed by atoms with Gasteiger partial charge in [-0.15, -0.1) is 0 Å². The average molecular weight is 601 g/mol. The molecule has 0 saturated heterocycles. The number of fused-ring (bicyclic) bond motifs is 1. The molecule has 3 rings (SSSR count). The van der Waals surface area contributed by atoms with Gasteiger partial charge in [-0.05, 0) is 24.6 Å². The van der Waals surface area contributed by atoms with Crippen LogP contribution < -0.4 is 5.32 Å². The van der Waals surface area contributed by atoms with Crippen LogP contribution in [0, 0.1) is 0 Å². The minimum absolute atomic E-state index is 0.0892. The highest BCUT2D eigenvalue weighted by Gasteiger charge is 2.47. The minimum Gasteiger partial charge on any atom is -0.454 e. The molecular weight excluding hydrogens is 585 g/mol. The molecule has 7 nitrogen and oxygen atoms in total. The van der Waals surface area contributed by atoms with Gasteiger partial charge in [0, 0.05) is 5.69 Å². The van der Waals surface area contributed by atoms with Gasteiger partial charge in [0.05, 0.1) is 41.3 Å². The van der Waals surface area contributed by atoms with Crippen molar-refractivity contribution in [1.82, 2.24) is 4.90 Å². The van der Waals surface area contributed by atoms with Crippen LogP contribution in [0.2, 0.25) is 30.1 Å². The molecule has 0 aliphatic carbocycles. The number of unbranched alkanes of at least 4 members (excludes halogenated alkanes) is 1. The van der Waals surface area contributed by atoms with E-state index in [1.165, 1.54) is 18.2 Å². The average Bonchev–Trinajstić information content (AvgIpc) is 3.08. The lowest BCUT2D eigenvalue weighted by atomic mass is 10.1. The van der Waals surface area contributed by atoms with Gasteiger partial charge in [-0.25, -0.2) is 4.79 Å². The lowest BCUT2D eigenvalue weighted by Crippen LogP contribution is -2.46. The third-order valence-electron chi connectivity index (χ3n) is 5.10. The van der Waals surface area contributed by atoms with E-state index in [9.17, 15) is 19.2 Å². The standard InChI is InChI=1S/C22H16Cl6N2O5/c1-2-3-4-12(22(34)35-8-13(31)29-9-5-6-10(23)11(24)7-9)30-20(32)14-15(21(30)33)17(26)19(28)18(27)16(14)25/h5-7,12H,2-4,8H2,1H3,(H,29,31)/t12-/m1/s1. The highest BCUT2D eigenvalue weighted by Crippen LogP contribution is 2.45. The van der Waals surface area contributed by atoms with Crippen molar-refractivity contribution >= 4 is 99.0 Å². The maximum absolute atomic E-state index is 13.1. The molecule has 0 spiro atoms. The molecule has 0 radical (unpaired) electrons. The van der Waals surface area contributed by atoms with E-state index >= 15 is 0 Å². The first kappa shape index (κ1) is 27.8. The number of hydrogen-bond donors (Lipinski definition) is 1. The molecule has 0 aromatic heterocycles. The van der Waals surface area contributed by atoms with Gasteiger partial charge in [0.25, 0.3) is 17.7 Å². The molecule has 0 unspecified atom stereocenters. The molecule has 2 aromatic carbocycles. The summed E-state index contributed by atoms with van der Waals surface area (Å²) < 4.78 is 5.13. The molecule has 2 aromatic rings. The molecule has 1 aliphatic rings. The summed E-state index contributed by atoms with van der Waals surface area (Å²) in [5.41, 5.74) is -0.160. The van der Waals surface area contributed by atoms with Gasteiger partial charge in [0.15, 0.2) is 6.61 Å². The maximum Gasteiger partial charge on any atom is 0.329 e. The third-order valence-corrected chi connectivity index (χ3v) is 7.64. The van der Waals surface area contributed by atoms with E-state index < -0.39 is 36.3 Å². The number of nitrogens with zero attached hydrogens (tertiary/aromatic N) is 1. The SMILES string of the molecule is CCCC[C@H](C(=O)OCC(=O)Nc1ccc(Cl)c(Cl)c1)N1C(=O)c2c(Cl)c(Cl)c(Cl)c(Cl)c2C1=O. The molecule has 13 heteroatoms. The van der Waals surface area contributed by atoms with Crippen LogP contribution in [0.3, 0.4) is 0 Å². The second kappa shape index (κ2) is 11.5. The van der Waals surface area contributed by atoms with Crippen LogP contribution in [0.15, 0.2) is 18.2 Å². The Morgan fingerprint density at radius 3 is 2.00 bits per heavy atom. The first-order valence-electron chi connectivity index (χ1n) is 10.1. The quantitative estimate of drug-likeness (QED) is 0.153. The summed E-state index contributed by atoms with van der Waals surface area (Å²) in [6.45, 7) is 1.19. The highest BCUT2D eigenvalue weighted by atomic mass is 35.5. The van der Waals surface area contributed by atoms with Gasteiger partial charge >= 0.3 is 5.97 Å². The Hall–Kier alpha value is -1.74. The number of carbonyl (C=O) groups excluding carboxylic acids is 4. The first-order chi connectivity index (χ1) is 16.5.